The van der Waals surface area contributed by atoms with Crippen LogP contribution in [0.1, 0.15) is 61.3 Å². The predicted molar refractivity (Wildman–Crippen MR) is 117 cm³/mol. The lowest BCUT2D eigenvalue weighted by atomic mass is 9.78. The van der Waals surface area contributed by atoms with Crippen LogP contribution in [0.4, 0.5) is 5.95 Å². The largest absolute Gasteiger partial charge is 0.497 e. The smallest absolute Gasteiger partial charge is 0.248 e. The highest BCUT2D eigenvalue weighted by atomic mass is 16.5. The van der Waals surface area contributed by atoms with Crippen LogP contribution in [0.25, 0.3) is 0 Å². The number of hydrogen-bond acceptors (Lipinski definition) is 6. The number of fused-ring (bicyclic) bond motifs is 1. The van der Waals surface area contributed by atoms with Gasteiger partial charge in [0.15, 0.2) is 5.78 Å². The van der Waals surface area contributed by atoms with E-state index in [2.05, 4.69) is 59.0 Å². The molecule has 1 N–H and O–H groups in total. The van der Waals surface area contributed by atoms with Crippen LogP contribution in [0, 0.1) is 0 Å². The Morgan fingerprint density at radius 1 is 1.03 bits per heavy atom. The summed E-state index contributed by atoms with van der Waals surface area (Å²) in [7, 11) is 1.65. The average Bonchev–Trinajstić information content (AvgIpc) is 3.26. The van der Waals surface area contributed by atoms with Crippen molar-refractivity contribution in [1.82, 2.24) is 20.2 Å². The van der Waals surface area contributed by atoms with Crippen LogP contribution in [-0.2, 0) is 4.79 Å². The molecule has 1 aliphatic heterocycles. The summed E-state index contributed by atoms with van der Waals surface area (Å²) in [5, 5.41) is 15.5. The molecule has 0 amide bonds. The van der Waals surface area contributed by atoms with Crippen molar-refractivity contribution in [3.05, 3.63) is 76.5 Å². The van der Waals surface area contributed by atoms with Crippen molar-refractivity contribution in [2.24, 2.45) is 0 Å². The maximum Gasteiger partial charge on any atom is 0.248 e. The first kappa shape index (κ1) is 19.5. The molecule has 7 nitrogen and oxygen atoms in total. The topological polar surface area (TPSA) is 81.9 Å². The summed E-state index contributed by atoms with van der Waals surface area (Å²) in [6, 6.07) is 16.1. The van der Waals surface area contributed by atoms with E-state index in [1.165, 1.54) is 5.56 Å². The minimum absolute atomic E-state index is 0.107. The second-order valence-electron chi connectivity index (χ2n) is 8.49. The first-order chi connectivity index (χ1) is 15.0. The first-order valence-corrected chi connectivity index (χ1v) is 10.6. The van der Waals surface area contributed by atoms with Crippen LogP contribution in [0.5, 0.6) is 5.75 Å². The number of anilines is 1. The maximum absolute atomic E-state index is 13.4. The quantitative estimate of drug-likeness (QED) is 0.687. The molecule has 0 saturated heterocycles. The number of ketones is 1. The number of ether oxygens (including phenoxy) is 1. The van der Waals surface area contributed by atoms with Crippen molar-refractivity contribution in [2.45, 2.75) is 44.6 Å². The van der Waals surface area contributed by atoms with Crippen molar-refractivity contribution in [1.29, 1.82) is 0 Å². The molecule has 5 rings (SSSR count). The number of nitrogens with one attached hydrogen (secondary N) is 1. The fourth-order valence-corrected chi connectivity index (χ4v) is 4.56. The molecule has 0 unspecified atom stereocenters. The monoisotopic (exact) mass is 415 g/mol. The number of carbonyl (C=O) groups excluding carboxylic acids is 1. The highest BCUT2D eigenvalue weighted by molar-refractivity contribution is 6.00. The van der Waals surface area contributed by atoms with E-state index in [4.69, 9.17) is 4.74 Å². The molecule has 0 fully saturated rings. The Hall–Kier alpha value is -3.48. The third kappa shape index (κ3) is 3.40. The standard InChI is InChI=1S/C24H25N5O2/c1-14(2)15-4-6-17(7-5-15)23-22-20(25-24-26-27-28-29(23)24)12-18(13-21(22)30)16-8-10-19(31-3)11-9-16/h4-11,14,18,23H,12-13H2,1-3H3,(H,25,26,28)/t18-,23+/m0/s1. The second-order valence-corrected chi connectivity index (χ2v) is 8.49. The van der Waals surface area contributed by atoms with E-state index >= 15 is 0 Å². The van der Waals surface area contributed by atoms with E-state index in [1.54, 1.807) is 11.8 Å². The molecule has 2 aliphatic rings. The molecule has 2 heterocycles. The molecule has 1 aromatic heterocycles. The minimum atomic E-state index is -0.313. The summed E-state index contributed by atoms with van der Waals surface area (Å²) in [6.45, 7) is 4.34. The van der Waals surface area contributed by atoms with Gasteiger partial charge in [-0.1, -0.05) is 55.3 Å². The van der Waals surface area contributed by atoms with E-state index in [0.29, 0.717) is 18.3 Å². The Kier molecular flexibility index (Phi) is 4.81. The van der Waals surface area contributed by atoms with Crippen molar-refractivity contribution in [3.8, 4) is 5.75 Å². The number of aromatic nitrogens is 4. The summed E-state index contributed by atoms with van der Waals surface area (Å²) in [5.74, 6) is 2.07. The van der Waals surface area contributed by atoms with E-state index in [-0.39, 0.29) is 17.7 Å². The number of Topliss-reactive ketones (excluding diaryl/α,β-unsaturated/α-hetero) is 1. The Morgan fingerprint density at radius 3 is 2.42 bits per heavy atom. The minimum Gasteiger partial charge on any atom is -0.497 e. The number of carbonyl (C=O) groups is 1. The van der Waals surface area contributed by atoms with Gasteiger partial charge in [-0.05, 0) is 57.5 Å². The number of methoxy groups -OCH3 is 1. The van der Waals surface area contributed by atoms with Crippen LogP contribution in [0.15, 0.2) is 59.8 Å². The molecule has 31 heavy (non-hydrogen) atoms. The van der Waals surface area contributed by atoms with Crippen LogP contribution in [-0.4, -0.2) is 33.1 Å². The summed E-state index contributed by atoms with van der Waals surface area (Å²) in [5.41, 5.74) is 5.09. The molecule has 0 bridgehead atoms. The van der Waals surface area contributed by atoms with Crippen LogP contribution in [0.2, 0.25) is 0 Å². The molecule has 7 heteroatoms. The van der Waals surface area contributed by atoms with Gasteiger partial charge in [-0.3, -0.25) is 4.79 Å². The molecule has 0 radical (unpaired) electrons. The molecule has 3 aromatic rings. The Balaban J connectivity index is 1.53. The summed E-state index contributed by atoms with van der Waals surface area (Å²) in [4.78, 5) is 13.4. The number of nitrogens with zero attached hydrogens (tertiary/aromatic N) is 4. The van der Waals surface area contributed by atoms with Gasteiger partial charge >= 0.3 is 0 Å². The van der Waals surface area contributed by atoms with E-state index < -0.39 is 0 Å². The highest BCUT2D eigenvalue weighted by Crippen LogP contribution is 2.43. The van der Waals surface area contributed by atoms with Gasteiger partial charge in [0, 0.05) is 17.7 Å². The molecule has 0 saturated carbocycles. The molecule has 2 atom stereocenters. The Morgan fingerprint density at radius 2 is 1.74 bits per heavy atom. The molecular weight excluding hydrogens is 390 g/mol. The molecule has 158 valence electrons. The lowest BCUT2D eigenvalue weighted by Gasteiger charge is -2.34. The Labute approximate surface area is 181 Å². The fraction of sp³-hybridized carbons (Fsp3) is 0.333. The number of rotatable bonds is 4. The molecule has 2 aromatic carbocycles. The zero-order valence-electron chi connectivity index (χ0n) is 17.9. The summed E-state index contributed by atoms with van der Waals surface area (Å²) in [6.07, 6.45) is 1.20. The number of tetrazole rings is 1. The van der Waals surface area contributed by atoms with Gasteiger partial charge in [0.1, 0.15) is 11.8 Å². The predicted octanol–water partition coefficient (Wildman–Crippen LogP) is 4.22. The van der Waals surface area contributed by atoms with Crippen LogP contribution in [0.3, 0.4) is 0 Å². The van der Waals surface area contributed by atoms with Crippen molar-refractivity contribution in [2.75, 3.05) is 12.4 Å². The normalized spacial score (nSPS) is 20.3. The van der Waals surface area contributed by atoms with Crippen LogP contribution < -0.4 is 10.1 Å². The summed E-state index contributed by atoms with van der Waals surface area (Å²) < 4.78 is 6.98. The zero-order chi connectivity index (χ0) is 21.5. The van der Waals surface area contributed by atoms with E-state index in [9.17, 15) is 4.79 Å². The van der Waals surface area contributed by atoms with Crippen molar-refractivity contribution < 1.29 is 9.53 Å². The zero-order valence-corrected chi connectivity index (χ0v) is 17.9. The third-order valence-electron chi connectivity index (χ3n) is 6.29. The lowest BCUT2D eigenvalue weighted by Crippen LogP contribution is -2.33. The lowest BCUT2D eigenvalue weighted by molar-refractivity contribution is -0.116. The first-order valence-electron chi connectivity index (χ1n) is 10.6. The molecular formula is C24H25N5O2. The molecule has 1 aliphatic carbocycles. The van der Waals surface area contributed by atoms with Crippen molar-refractivity contribution >= 4 is 11.7 Å². The van der Waals surface area contributed by atoms with Gasteiger partial charge < -0.3 is 10.1 Å². The second kappa shape index (κ2) is 7.65. The Bertz CT molecular complexity index is 1150. The third-order valence-corrected chi connectivity index (χ3v) is 6.29. The van der Waals surface area contributed by atoms with Gasteiger partial charge in [-0.25, -0.2) is 0 Å². The average molecular weight is 415 g/mol. The van der Waals surface area contributed by atoms with E-state index in [0.717, 1.165) is 34.6 Å². The number of hydrogen-bond donors (Lipinski definition) is 1. The fourth-order valence-electron chi connectivity index (χ4n) is 4.56. The van der Waals surface area contributed by atoms with Gasteiger partial charge in [0.05, 0.1) is 7.11 Å². The van der Waals surface area contributed by atoms with Gasteiger partial charge in [-0.2, -0.15) is 4.68 Å². The number of benzene rings is 2. The summed E-state index contributed by atoms with van der Waals surface area (Å²) >= 11 is 0. The molecule has 0 spiro atoms. The van der Waals surface area contributed by atoms with Gasteiger partial charge in [-0.15, -0.1) is 0 Å². The number of allylic oxidation sites excluding steroid dienone is 2. The van der Waals surface area contributed by atoms with Crippen LogP contribution >= 0.6 is 0 Å². The highest BCUT2D eigenvalue weighted by Gasteiger charge is 2.39. The van der Waals surface area contributed by atoms with Gasteiger partial charge in [0.2, 0.25) is 5.95 Å². The van der Waals surface area contributed by atoms with Gasteiger partial charge in [0.25, 0.3) is 0 Å². The maximum atomic E-state index is 13.4. The SMILES string of the molecule is COc1ccc([C@@H]2CC(=O)C3=C(C2)Nc2nnnn2[C@@H]3c2ccc(C(C)C)cc2)cc1. The van der Waals surface area contributed by atoms with E-state index in [1.807, 2.05) is 24.3 Å². The van der Waals surface area contributed by atoms with Crippen molar-refractivity contribution in [3.63, 3.8) is 0 Å².